The van der Waals surface area contributed by atoms with Crippen molar-refractivity contribution < 1.29 is 9.59 Å². The number of carbonyl (C=O) groups excluding carboxylic acids is 2. The van der Waals surface area contributed by atoms with Crippen LogP contribution in [0.1, 0.15) is 39.9 Å². The van der Waals surface area contributed by atoms with E-state index in [1.165, 1.54) is 5.56 Å². The summed E-state index contributed by atoms with van der Waals surface area (Å²) in [6, 6.07) is 15.8. The average molecular weight is 350 g/mol. The van der Waals surface area contributed by atoms with Gasteiger partial charge in [-0.05, 0) is 44.4 Å². The molecule has 4 nitrogen and oxygen atoms in total. The smallest absolute Gasteiger partial charge is 0.253 e. The van der Waals surface area contributed by atoms with E-state index >= 15 is 0 Å². The van der Waals surface area contributed by atoms with Crippen molar-refractivity contribution in [2.24, 2.45) is 5.92 Å². The number of carbonyl (C=O) groups is 2. The monoisotopic (exact) mass is 350 g/mol. The lowest BCUT2D eigenvalue weighted by molar-refractivity contribution is -0.126. The summed E-state index contributed by atoms with van der Waals surface area (Å²) in [5.41, 5.74) is 4.17. The van der Waals surface area contributed by atoms with Gasteiger partial charge >= 0.3 is 0 Å². The van der Waals surface area contributed by atoms with E-state index < -0.39 is 0 Å². The van der Waals surface area contributed by atoms with Crippen LogP contribution in [0.25, 0.3) is 0 Å². The molecule has 1 N–H and O–H groups in total. The Morgan fingerprint density at radius 1 is 1.00 bits per heavy atom. The molecule has 136 valence electrons. The van der Waals surface area contributed by atoms with Gasteiger partial charge in [0.2, 0.25) is 5.91 Å². The van der Waals surface area contributed by atoms with Crippen molar-refractivity contribution >= 4 is 11.8 Å². The summed E-state index contributed by atoms with van der Waals surface area (Å²) in [5, 5.41) is 3.04. The number of piperidine rings is 1. The Labute approximate surface area is 155 Å². The predicted octanol–water partition coefficient (Wildman–Crippen LogP) is 3.47. The van der Waals surface area contributed by atoms with Gasteiger partial charge in [0.1, 0.15) is 0 Å². The minimum Gasteiger partial charge on any atom is -0.352 e. The van der Waals surface area contributed by atoms with Gasteiger partial charge in [-0.25, -0.2) is 0 Å². The molecule has 4 heteroatoms. The molecule has 0 aliphatic carbocycles. The Morgan fingerprint density at radius 3 is 2.35 bits per heavy atom. The van der Waals surface area contributed by atoms with E-state index in [2.05, 4.69) is 11.4 Å². The summed E-state index contributed by atoms with van der Waals surface area (Å²) in [5.74, 6) is 0.138. The Kier molecular flexibility index (Phi) is 5.71. The minimum absolute atomic E-state index is 0.0122. The summed E-state index contributed by atoms with van der Waals surface area (Å²) < 4.78 is 0. The van der Waals surface area contributed by atoms with Crippen LogP contribution in [0.4, 0.5) is 0 Å². The Hall–Kier alpha value is -2.62. The maximum Gasteiger partial charge on any atom is 0.253 e. The number of aryl methyl sites for hydroxylation is 2. The highest BCUT2D eigenvalue weighted by atomic mass is 16.2. The van der Waals surface area contributed by atoms with Crippen molar-refractivity contribution in [3.05, 3.63) is 70.8 Å². The first-order chi connectivity index (χ1) is 12.5. The quantitative estimate of drug-likeness (QED) is 0.918. The van der Waals surface area contributed by atoms with Crippen LogP contribution in [0.2, 0.25) is 0 Å². The normalized spacial score (nSPS) is 14.9. The molecule has 0 saturated carbocycles. The van der Waals surface area contributed by atoms with Crippen LogP contribution in [0, 0.1) is 19.8 Å². The van der Waals surface area contributed by atoms with E-state index in [0.29, 0.717) is 19.6 Å². The third-order valence-corrected chi connectivity index (χ3v) is 5.00. The molecule has 1 fully saturated rings. The molecule has 26 heavy (non-hydrogen) atoms. The summed E-state index contributed by atoms with van der Waals surface area (Å²) >= 11 is 0. The van der Waals surface area contributed by atoms with Crippen LogP contribution < -0.4 is 5.32 Å². The van der Waals surface area contributed by atoms with E-state index in [9.17, 15) is 9.59 Å². The SMILES string of the molecule is Cc1ccc(C(=O)N2CCC(C(=O)NCc3cccc(C)c3)CC2)cc1. The number of amides is 2. The molecule has 0 aromatic heterocycles. The van der Waals surface area contributed by atoms with Crippen LogP contribution in [0.5, 0.6) is 0 Å². The Balaban J connectivity index is 1.49. The van der Waals surface area contributed by atoms with Crippen molar-refractivity contribution in [3.63, 3.8) is 0 Å². The standard InChI is InChI=1S/C22H26N2O2/c1-16-6-8-20(9-7-16)22(26)24-12-10-19(11-13-24)21(25)23-15-18-5-3-4-17(2)14-18/h3-9,14,19H,10-13,15H2,1-2H3,(H,23,25). The molecule has 1 aliphatic rings. The van der Waals surface area contributed by atoms with Crippen molar-refractivity contribution in [2.75, 3.05) is 13.1 Å². The van der Waals surface area contributed by atoms with Crippen molar-refractivity contribution in [2.45, 2.75) is 33.2 Å². The summed E-state index contributed by atoms with van der Waals surface area (Å²) in [6.07, 6.45) is 1.44. The molecule has 2 amide bonds. The van der Waals surface area contributed by atoms with Crippen LogP contribution in [-0.2, 0) is 11.3 Å². The van der Waals surface area contributed by atoms with Gasteiger partial charge in [-0.2, -0.15) is 0 Å². The van der Waals surface area contributed by atoms with Gasteiger partial charge in [-0.15, -0.1) is 0 Å². The average Bonchev–Trinajstić information content (AvgIpc) is 2.66. The molecule has 2 aromatic carbocycles. The molecule has 1 aliphatic heterocycles. The Morgan fingerprint density at radius 2 is 1.69 bits per heavy atom. The zero-order valence-corrected chi connectivity index (χ0v) is 15.5. The molecule has 3 rings (SSSR count). The van der Waals surface area contributed by atoms with Crippen LogP contribution in [-0.4, -0.2) is 29.8 Å². The van der Waals surface area contributed by atoms with Crippen molar-refractivity contribution in [1.29, 1.82) is 0 Å². The number of nitrogens with zero attached hydrogens (tertiary/aromatic N) is 1. The fraction of sp³-hybridized carbons (Fsp3) is 0.364. The van der Waals surface area contributed by atoms with Crippen LogP contribution in [0.3, 0.4) is 0 Å². The van der Waals surface area contributed by atoms with Gasteiger partial charge in [0.05, 0.1) is 0 Å². The van der Waals surface area contributed by atoms with Gasteiger partial charge < -0.3 is 10.2 Å². The maximum absolute atomic E-state index is 12.6. The molecular formula is C22H26N2O2. The first kappa shape index (κ1) is 18.2. The summed E-state index contributed by atoms with van der Waals surface area (Å²) in [6.45, 7) is 5.88. The first-order valence-electron chi connectivity index (χ1n) is 9.22. The number of rotatable bonds is 4. The lowest BCUT2D eigenvalue weighted by atomic mass is 9.95. The number of nitrogens with one attached hydrogen (secondary N) is 1. The summed E-state index contributed by atoms with van der Waals surface area (Å²) in [4.78, 5) is 26.8. The van der Waals surface area contributed by atoms with Crippen LogP contribution >= 0.6 is 0 Å². The summed E-state index contributed by atoms with van der Waals surface area (Å²) in [7, 11) is 0. The molecule has 0 radical (unpaired) electrons. The molecular weight excluding hydrogens is 324 g/mol. The lowest BCUT2D eigenvalue weighted by Gasteiger charge is -2.31. The van der Waals surface area contributed by atoms with Gasteiger partial charge in [0, 0.05) is 31.1 Å². The lowest BCUT2D eigenvalue weighted by Crippen LogP contribution is -2.42. The highest BCUT2D eigenvalue weighted by Crippen LogP contribution is 2.20. The number of benzene rings is 2. The highest BCUT2D eigenvalue weighted by molar-refractivity contribution is 5.94. The number of hydrogen-bond donors (Lipinski definition) is 1. The molecule has 1 saturated heterocycles. The highest BCUT2D eigenvalue weighted by Gasteiger charge is 2.27. The van der Waals surface area contributed by atoms with Crippen molar-refractivity contribution in [3.8, 4) is 0 Å². The van der Waals surface area contributed by atoms with E-state index in [-0.39, 0.29) is 17.7 Å². The second-order valence-corrected chi connectivity index (χ2v) is 7.14. The van der Waals surface area contributed by atoms with Gasteiger partial charge in [-0.1, -0.05) is 47.5 Å². The molecule has 0 atom stereocenters. The predicted molar refractivity (Wildman–Crippen MR) is 103 cm³/mol. The fourth-order valence-electron chi connectivity index (χ4n) is 3.38. The van der Waals surface area contributed by atoms with E-state index in [0.717, 1.165) is 29.5 Å². The maximum atomic E-state index is 12.6. The van der Waals surface area contributed by atoms with Gasteiger partial charge in [0.25, 0.3) is 5.91 Å². The topological polar surface area (TPSA) is 49.4 Å². The molecule has 2 aromatic rings. The van der Waals surface area contributed by atoms with E-state index in [1.54, 1.807) is 0 Å². The fourth-order valence-corrected chi connectivity index (χ4v) is 3.38. The minimum atomic E-state index is -0.0122. The third kappa shape index (κ3) is 4.51. The van der Waals surface area contributed by atoms with Crippen LogP contribution in [0.15, 0.2) is 48.5 Å². The van der Waals surface area contributed by atoms with Gasteiger partial charge in [-0.3, -0.25) is 9.59 Å². The number of likely N-dealkylation sites (tertiary alicyclic amines) is 1. The second kappa shape index (κ2) is 8.17. The number of hydrogen-bond acceptors (Lipinski definition) is 2. The van der Waals surface area contributed by atoms with Gasteiger partial charge in [0.15, 0.2) is 0 Å². The second-order valence-electron chi connectivity index (χ2n) is 7.14. The Bertz CT molecular complexity index is 775. The third-order valence-electron chi connectivity index (χ3n) is 5.00. The first-order valence-corrected chi connectivity index (χ1v) is 9.22. The zero-order chi connectivity index (χ0) is 18.5. The van der Waals surface area contributed by atoms with E-state index in [1.807, 2.05) is 61.2 Å². The molecule has 0 spiro atoms. The molecule has 1 heterocycles. The van der Waals surface area contributed by atoms with E-state index in [4.69, 9.17) is 0 Å². The van der Waals surface area contributed by atoms with Crippen molar-refractivity contribution in [1.82, 2.24) is 10.2 Å². The largest absolute Gasteiger partial charge is 0.352 e. The molecule has 0 unspecified atom stereocenters. The molecule has 0 bridgehead atoms. The zero-order valence-electron chi connectivity index (χ0n) is 15.5.